The average molecular weight is 376 g/mol. The van der Waals surface area contributed by atoms with E-state index in [1.54, 1.807) is 4.90 Å². The van der Waals surface area contributed by atoms with Crippen LogP contribution in [-0.4, -0.2) is 39.5 Å². The van der Waals surface area contributed by atoms with Crippen molar-refractivity contribution in [3.8, 4) is 5.69 Å². The van der Waals surface area contributed by atoms with E-state index in [0.29, 0.717) is 24.0 Å². The zero-order chi connectivity index (χ0) is 18.9. The van der Waals surface area contributed by atoms with Gasteiger partial charge >= 0.3 is 6.09 Å². The van der Waals surface area contributed by atoms with Crippen molar-refractivity contribution >= 4 is 17.7 Å². The van der Waals surface area contributed by atoms with E-state index < -0.39 is 5.60 Å². The maximum atomic E-state index is 12.3. The van der Waals surface area contributed by atoms with E-state index in [1.165, 1.54) is 5.69 Å². The molecule has 0 saturated carbocycles. The number of piperidine rings is 1. The normalized spacial score (nSPS) is 16.0. The van der Waals surface area contributed by atoms with Crippen LogP contribution in [0.4, 0.5) is 4.79 Å². The molecular formula is C20H26ClN3O2. The molecule has 1 aliphatic rings. The van der Waals surface area contributed by atoms with Crippen molar-refractivity contribution < 1.29 is 9.53 Å². The van der Waals surface area contributed by atoms with Gasteiger partial charge in [-0.2, -0.15) is 5.10 Å². The van der Waals surface area contributed by atoms with E-state index in [-0.39, 0.29) is 6.09 Å². The highest BCUT2D eigenvalue weighted by atomic mass is 35.5. The Morgan fingerprint density at radius 3 is 2.38 bits per heavy atom. The molecule has 0 spiro atoms. The standard InChI is InChI=1S/C20H26ClN3O2/c1-14-13-18(24(22-14)17-7-5-16(21)6-8-17)15-9-11-23(12-10-15)19(25)26-20(2,3)4/h5-8,13,15H,9-12H2,1-4H3. The maximum absolute atomic E-state index is 12.3. The zero-order valence-electron chi connectivity index (χ0n) is 15.8. The summed E-state index contributed by atoms with van der Waals surface area (Å²) in [5, 5.41) is 5.37. The molecule has 0 radical (unpaired) electrons. The number of ether oxygens (including phenoxy) is 1. The first-order valence-electron chi connectivity index (χ1n) is 9.03. The molecule has 1 aromatic carbocycles. The fraction of sp³-hybridized carbons (Fsp3) is 0.500. The van der Waals surface area contributed by atoms with Crippen molar-refractivity contribution in [1.29, 1.82) is 0 Å². The van der Waals surface area contributed by atoms with Crippen molar-refractivity contribution in [2.45, 2.75) is 52.1 Å². The van der Waals surface area contributed by atoms with Crippen LogP contribution in [0.5, 0.6) is 0 Å². The number of amides is 1. The number of hydrogen-bond donors (Lipinski definition) is 0. The monoisotopic (exact) mass is 375 g/mol. The molecule has 5 nitrogen and oxygen atoms in total. The molecule has 1 saturated heterocycles. The lowest BCUT2D eigenvalue weighted by atomic mass is 9.93. The number of carbonyl (C=O) groups is 1. The third kappa shape index (κ3) is 4.39. The topological polar surface area (TPSA) is 47.4 Å². The summed E-state index contributed by atoms with van der Waals surface area (Å²) < 4.78 is 7.48. The maximum Gasteiger partial charge on any atom is 0.410 e. The van der Waals surface area contributed by atoms with Crippen LogP contribution >= 0.6 is 11.6 Å². The van der Waals surface area contributed by atoms with Crippen LogP contribution in [0.1, 0.15) is 50.9 Å². The SMILES string of the molecule is Cc1cc(C2CCN(C(=O)OC(C)(C)C)CC2)n(-c2ccc(Cl)cc2)n1. The number of nitrogens with zero attached hydrogens (tertiary/aromatic N) is 3. The number of likely N-dealkylation sites (tertiary alicyclic amines) is 1. The lowest BCUT2D eigenvalue weighted by Gasteiger charge is -2.33. The second-order valence-corrected chi connectivity index (χ2v) is 8.28. The van der Waals surface area contributed by atoms with E-state index in [2.05, 4.69) is 11.2 Å². The minimum atomic E-state index is -0.460. The van der Waals surface area contributed by atoms with Gasteiger partial charge in [-0.25, -0.2) is 9.48 Å². The molecule has 3 rings (SSSR count). The molecule has 0 bridgehead atoms. The van der Waals surface area contributed by atoms with Crippen LogP contribution in [0.25, 0.3) is 5.69 Å². The quantitative estimate of drug-likeness (QED) is 0.746. The largest absolute Gasteiger partial charge is 0.444 e. The number of hydrogen-bond acceptors (Lipinski definition) is 3. The van der Waals surface area contributed by atoms with Crippen LogP contribution in [0.15, 0.2) is 30.3 Å². The van der Waals surface area contributed by atoms with E-state index in [1.807, 2.05) is 56.6 Å². The third-order valence-electron chi connectivity index (χ3n) is 4.50. The molecule has 1 amide bonds. The molecule has 1 aromatic heterocycles. The van der Waals surface area contributed by atoms with Gasteiger partial charge in [0.2, 0.25) is 0 Å². The molecule has 0 atom stereocenters. The van der Waals surface area contributed by atoms with Crippen molar-refractivity contribution in [2.24, 2.45) is 0 Å². The Hall–Kier alpha value is -2.01. The van der Waals surface area contributed by atoms with Gasteiger partial charge in [0, 0.05) is 29.7 Å². The highest BCUT2D eigenvalue weighted by Crippen LogP contribution is 2.31. The third-order valence-corrected chi connectivity index (χ3v) is 4.75. The van der Waals surface area contributed by atoms with Crippen LogP contribution in [-0.2, 0) is 4.74 Å². The zero-order valence-corrected chi connectivity index (χ0v) is 16.6. The van der Waals surface area contributed by atoms with Crippen molar-refractivity contribution in [3.05, 3.63) is 46.7 Å². The van der Waals surface area contributed by atoms with Crippen molar-refractivity contribution in [1.82, 2.24) is 14.7 Å². The molecule has 140 valence electrons. The summed E-state index contributed by atoms with van der Waals surface area (Å²) in [5.41, 5.74) is 2.73. The second-order valence-electron chi connectivity index (χ2n) is 7.84. The summed E-state index contributed by atoms with van der Waals surface area (Å²) in [6.45, 7) is 9.09. The van der Waals surface area contributed by atoms with Crippen molar-refractivity contribution in [2.75, 3.05) is 13.1 Å². The summed E-state index contributed by atoms with van der Waals surface area (Å²) in [4.78, 5) is 14.1. The number of aromatic nitrogens is 2. The minimum Gasteiger partial charge on any atom is -0.444 e. The van der Waals surface area contributed by atoms with E-state index >= 15 is 0 Å². The summed E-state index contributed by atoms with van der Waals surface area (Å²) in [6, 6.07) is 9.86. The molecule has 0 unspecified atom stereocenters. The predicted molar refractivity (Wildman–Crippen MR) is 103 cm³/mol. The molecule has 6 heteroatoms. The van der Waals surface area contributed by atoms with Gasteiger partial charge in [0.05, 0.1) is 11.4 Å². The minimum absolute atomic E-state index is 0.224. The van der Waals surface area contributed by atoms with Crippen LogP contribution in [0, 0.1) is 6.92 Å². The molecule has 2 aromatic rings. The molecule has 0 N–H and O–H groups in total. The van der Waals surface area contributed by atoms with Gasteiger partial charge < -0.3 is 9.64 Å². The fourth-order valence-corrected chi connectivity index (χ4v) is 3.41. The second kappa shape index (κ2) is 7.31. The number of rotatable bonds is 2. The Morgan fingerprint density at radius 1 is 1.19 bits per heavy atom. The Bertz CT molecular complexity index is 769. The molecule has 0 aliphatic carbocycles. The summed E-state index contributed by atoms with van der Waals surface area (Å²) in [6.07, 6.45) is 1.58. The molecule has 2 heterocycles. The van der Waals surface area contributed by atoms with E-state index in [0.717, 1.165) is 24.2 Å². The highest BCUT2D eigenvalue weighted by Gasteiger charge is 2.29. The number of halogens is 1. The summed E-state index contributed by atoms with van der Waals surface area (Å²) >= 11 is 6.01. The molecular weight excluding hydrogens is 350 g/mol. The van der Waals surface area contributed by atoms with Crippen LogP contribution in [0.2, 0.25) is 5.02 Å². The molecule has 1 aliphatic heterocycles. The van der Waals surface area contributed by atoms with Gasteiger partial charge in [-0.1, -0.05) is 11.6 Å². The highest BCUT2D eigenvalue weighted by molar-refractivity contribution is 6.30. The van der Waals surface area contributed by atoms with E-state index in [4.69, 9.17) is 16.3 Å². The van der Waals surface area contributed by atoms with Gasteiger partial charge in [0.15, 0.2) is 0 Å². The average Bonchev–Trinajstić information content (AvgIpc) is 2.96. The molecule has 1 fully saturated rings. The Kier molecular flexibility index (Phi) is 5.28. The van der Waals surface area contributed by atoms with Gasteiger partial charge in [-0.3, -0.25) is 0 Å². The van der Waals surface area contributed by atoms with Gasteiger partial charge in [0.25, 0.3) is 0 Å². The fourth-order valence-electron chi connectivity index (χ4n) is 3.28. The van der Waals surface area contributed by atoms with Gasteiger partial charge in [-0.05, 0) is 70.9 Å². The summed E-state index contributed by atoms with van der Waals surface area (Å²) in [5.74, 6) is 0.366. The predicted octanol–water partition coefficient (Wildman–Crippen LogP) is 4.95. The number of aryl methyl sites for hydroxylation is 1. The Labute approximate surface area is 159 Å². The number of carbonyl (C=O) groups excluding carboxylic acids is 1. The Balaban J connectivity index is 1.72. The van der Waals surface area contributed by atoms with Crippen molar-refractivity contribution in [3.63, 3.8) is 0 Å². The smallest absolute Gasteiger partial charge is 0.410 e. The first kappa shape index (κ1) is 18.8. The van der Waals surface area contributed by atoms with Gasteiger partial charge in [-0.15, -0.1) is 0 Å². The summed E-state index contributed by atoms with van der Waals surface area (Å²) in [7, 11) is 0. The lowest BCUT2D eigenvalue weighted by Crippen LogP contribution is -2.41. The number of benzene rings is 1. The first-order valence-corrected chi connectivity index (χ1v) is 9.41. The Morgan fingerprint density at radius 2 is 1.81 bits per heavy atom. The van der Waals surface area contributed by atoms with Crippen LogP contribution in [0.3, 0.4) is 0 Å². The van der Waals surface area contributed by atoms with Crippen LogP contribution < -0.4 is 0 Å². The van der Waals surface area contributed by atoms with E-state index in [9.17, 15) is 4.79 Å². The lowest BCUT2D eigenvalue weighted by molar-refractivity contribution is 0.0203. The molecule has 26 heavy (non-hydrogen) atoms. The first-order chi connectivity index (χ1) is 12.2. The van der Waals surface area contributed by atoms with Gasteiger partial charge in [0.1, 0.15) is 5.60 Å².